The second-order valence-electron chi connectivity index (χ2n) is 3.95. The van der Waals surface area contributed by atoms with Gasteiger partial charge >= 0.3 is 0 Å². The average Bonchev–Trinajstić information content (AvgIpc) is 2.82. The van der Waals surface area contributed by atoms with Crippen LogP contribution < -0.4 is 0 Å². The first-order valence-corrected chi connectivity index (χ1v) is 7.74. The molecule has 1 heterocycles. The fraction of sp³-hybridized carbons (Fsp3) is 0.250. The van der Waals surface area contributed by atoms with E-state index in [2.05, 4.69) is 4.98 Å². The van der Waals surface area contributed by atoms with Gasteiger partial charge in [-0.3, -0.25) is 0 Å². The van der Waals surface area contributed by atoms with E-state index in [0.29, 0.717) is 11.4 Å². The molecule has 4 nitrogen and oxygen atoms in total. The number of nitrogens with zero attached hydrogens (tertiary/aromatic N) is 2. The van der Waals surface area contributed by atoms with Gasteiger partial charge in [0.25, 0.3) is 0 Å². The standard InChI is InChI=1S/C12H14N2O2S2/c1-10-5-3-4-6-11(10)18(15,16)14(2)9-12-13-7-8-17-12/h3-8H,9H2,1-2H3. The maximum atomic E-state index is 12.4. The highest BCUT2D eigenvalue weighted by Crippen LogP contribution is 2.20. The van der Waals surface area contributed by atoms with Crippen molar-refractivity contribution in [2.75, 3.05) is 7.05 Å². The molecule has 0 saturated carbocycles. The van der Waals surface area contributed by atoms with E-state index in [1.807, 2.05) is 11.4 Å². The van der Waals surface area contributed by atoms with Crippen molar-refractivity contribution in [3.8, 4) is 0 Å². The second-order valence-corrected chi connectivity index (χ2v) is 6.94. The largest absolute Gasteiger partial charge is 0.248 e. The van der Waals surface area contributed by atoms with E-state index in [0.717, 1.165) is 10.6 Å². The summed E-state index contributed by atoms with van der Waals surface area (Å²) in [6.45, 7) is 2.10. The van der Waals surface area contributed by atoms with E-state index in [1.165, 1.54) is 15.6 Å². The van der Waals surface area contributed by atoms with E-state index in [-0.39, 0.29) is 0 Å². The monoisotopic (exact) mass is 282 g/mol. The van der Waals surface area contributed by atoms with E-state index >= 15 is 0 Å². The normalized spacial score (nSPS) is 11.9. The second kappa shape index (κ2) is 5.17. The molecule has 0 unspecified atom stereocenters. The molecule has 0 fully saturated rings. The summed E-state index contributed by atoms with van der Waals surface area (Å²) in [5, 5.41) is 2.62. The fourth-order valence-electron chi connectivity index (χ4n) is 1.62. The summed E-state index contributed by atoms with van der Waals surface area (Å²) >= 11 is 1.45. The maximum absolute atomic E-state index is 12.4. The Hall–Kier alpha value is -1.24. The van der Waals surface area contributed by atoms with Gasteiger partial charge in [0, 0.05) is 18.6 Å². The summed E-state index contributed by atoms with van der Waals surface area (Å²) in [5.41, 5.74) is 0.753. The van der Waals surface area contributed by atoms with E-state index in [4.69, 9.17) is 0 Å². The number of rotatable bonds is 4. The first kappa shape index (κ1) is 13.2. The number of aromatic nitrogens is 1. The topological polar surface area (TPSA) is 50.3 Å². The SMILES string of the molecule is Cc1ccccc1S(=O)(=O)N(C)Cc1nccs1. The predicted molar refractivity (Wildman–Crippen MR) is 71.9 cm³/mol. The van der Waals surface area contributed by atoms with Gasteiger partial charge in [-0.2, -0.15) is 4.31 Å². The molecule has 0 saturated heterocycles. The molecule has 0 aliphatic carbocycles. The van der Waals surface area contributed by atoms with Gasteiger partial charge < -0.3 is 0 Å². The maximum Gasteiger partial charge on any atom is 0.243 e. The van der Waals surface area contributed by atoms with Gasteiger partial charge in [0.15, 0.2) is 0 Å². The Balaban J connectivity index is 2.29. The van der Waals surface area contributed by atoms with Crippen LogP contribution in [0.3, 0.4) is 0 Å². The van der Waals surface area contributed by atoms with Gasteiger partial charge in [-0.25, -0.2) is 13.4 Å². The van der Waals surface area contributed by atoms with Gasteiger partial charge in [0.05, 0.1) is 11.4 Å². The zero-order valence-corrected chi connectivity index (χ0v) is 11.8. The predicted octanol–water partition coefficient (Wildman–Crippen LogP) is 2.27. The molecule has 96 valence electrons. The first-order chi connectivity index (χ1) is 8.51. The lowest BCUT2D eigenvalue weighted by Gasteiger charge is -2.17. The van der Waals surface area contributed by atoms with Crippen molar-refractivity contribution in [1.29, 1.82) is 0 Å². The highest BCUT2D eigenvalue weighted by molar-refractivity contribution is 7.89. The van der Waals surface area contributed by atoms with Crippen molar-refractivity contribution in [3.05, 3.63) is 46.4 Å². The van der Waals surface area contributed by atoms with Crippen LogP contribution in [0.25, 0.3) is 0 Å². The zero-order valence-electron chi connectivity index (χ0n) is 10.2. The molecule has 0 bridgehead atoms. The summed E-state index contributed by atoms with van der Waals surface area (Å²) < 4.78 is 26.1. The molecule has 0 aliphatic rings. The Bertz CT molecular complexity index is 621. The van der Waals surface area contributed by atoms with Crippen LogP contribution >= 0.6 is 11.3 Å². The fourth-order valence-corrected chi connectivity index (χ4v) is 3.72. The molecule has 0 spiro atoms. The van der Waals surface area contributed by atoms with Crippen LogP contribution in [0, 0.1) is 6.92 Å². The minimum Gasteiger partial charge on any atom is -0.248 e. The zero-order chi connectivity index (χ0) is 13.2. The van der Waals surface area contributed by atoms with Crippen molar-refractivity contribution in [1.82, 2.24) is 9.29 Å². The lowest BCUT2D eigenvalue weighted by molar-refractivity contribution is 0.465. The quantitative estimate of drug-likeness (QED) is 0.864. The van der Waals surface area contributed by atoms with Crippen molar-refractivity contribution >= 4 is 21.4 Å². The third-order valence-electron chi connectivity index (χ3n) is 2.62. The van der Waals surface area contributed by atoms with Gasteiger partial charge in [-0.15, -0.1) is 11.3 Å². The van der Waals surface area contributed by atoms with Crippen molar-refractivity contribution < 1.29 is 8.42 Å². The van der Waals surface area contributed by atoms with Crippen LogP contribution in [-0.2, 0) is 16.6 Å². The molecule has 0 radical (unpaired) electrons. The summed E-state index contributed by atoms with van der Waals surface area (Å²) in [7, 11) is -1.87. The molecule has 18 heavy (non-hydrogen) atoms. The van der Waals surface area contributed by atoms with Crippen LogP contribution in [0.2, 0.25) is 0 Å². The van der Waals surface area contributed by atoms with Crippen LogP contribution in [-0.4, -0.2) is 24.8 Å². The van der Waals surface area contributed by atoms with Gasteiger partial charge in [-0.1, -0.05) is 18.2 Å². The molecule has 1 aromatic heterocycles. The molecular weight excluding hydrogens is 268 g/mol. The highest BCUT2D eigenvalue weighted by atomic mass is 32.2. The Morgan fingerprint density at radius 3 is 2.67 bits per heavy atom. The number of sulfonamides is 1. The molecule has 0 aliphatic heterocycles. The molecule has 1 aromatic carbocycles. The average molecular weight is 282 g/mol. The Kier molecular flexibility index (Phi) is 3.79. The highest BCUT2D eigenvalue weighted by Gasteiger charge is 2.22. The van der Waals surface area contributed by atoms with E-state index < -0.39 is 10.0 Å². The van der Waals surface area contributed by atoms with Crippen LogP contribution in [0.15, 0.2) is 40.7 Å². The number of aryl methyl sites for hydroxylation is 1. The summed E-state index contributed by atoms with van der Waals surface area (Å²) in [5.74, 6) is 0. The minimum absolute atomic E-state index is 0.300. The molecule has 0 amide bonds. The van der Waals surface area contributed by atoms with Gasteiger partial charge in [0.1, 0.15) is 5.01 Å². The summed E-state index contributed by atoms with van der Waals surface area (Å²) in [6.07, 6.45) is 1.67. The lowest BCUT2D eigenvalue weighted by atomic mass is 10.2. The smallest absolute Gasteiger partial charge is 0.243 e. The Morgan fingerprint density at radius 2 is 2.06 bits per heavy atom. The van der Waals surface area contributed by atoms with Gasteiger partial charge in [0.2, 0.25) is 10.0 Å². The van der Waals surface area contributed by atoms with E-state index in [1.54, 1.807) is 38.4 Å². The van der Waals surface area contributed by atoms with Crippen LogP contribution in [0.1, 0.15) is 10.6 Å². The summed E-state index contributed by atoms with van der Waals surface area (Å²) in [4.78, 5) is 4.45. The number of thiazole rings is 1. The Labute approximate surface area is 111 Å². The number of benzene rings is 1. The van der Waals surface area contributed by atoms with Crippen LogP contribution in [0.4, 0.5) is 0 Å². The number of hydrogen-bond donors (Lipinski definition) is 0. The van der Waals surface area contributed by atoms with Gasteiger partial charge in [-0.05, 0) is 18.6 Å². The number of hydrogen-bond acceptors (Lipinski definition) is 4. The molecule has 2 rings (SSSR count). The Morgan fingerprint density at radius 1 is 1.33 bits per heavy atom. The van der Waals surface area contributed by atoms with Crippen LogP contribution in [0.5, 0.6) is 0 Å². The minimum atomic E-state index is -3.45. The molecule has 0 atom stereocenters. The van der Waals surface area contributed by atoms with E-state index in [9.17, 15) is 8.42 Å². The van der Waals surface area contributed by atoms with Crippen molar-refractivity contribution in [2.24, 2.45) is 0 Å². The first-order valence-electron chi connectivity index (χ1n) is 5.42. The lowest BCUT2D eigenvalue weighted by Crippen LogP contribution is -2.27. The molecule has 6 heteroatoms. The molecule has 0 N–H and O–H groups in total. The van der Waals surface area contributed by atoms with Crippen molar-refractivity contribution in [2.45, 2.75) is 18.4 Å². The third-order valence-corrected chi connectivity index (χ3v) is 5.35. The van der Waals surface area contributed by atoms with Crippen molar-refractivity contribution in [3.63, 3.8) is 0 Å². The molecular formula is C12H14N2O2S2. The summed E-state index contributed by atoms with van der Waals surface area (Å²) in [6, 6.07) is 6.99. The third kappa shape index (κ3) is 2.60. The molecule has 2 aromatic rings.